The van der Waals surface area contributed by atoms with Crippen LogP contribution in [0.1, 0.15) is 35.3 Å². The first-order chi connectivity index (χ1) is 13.1. The Morgan fingerprint density at radius 2 is 1.64 bits per heavy atom. The summed E-state index contributed by atoms with van der Waals surface area (Å²) in [6.45, 7) is 2.47. The third-order valence-corrected chi connectivity index (χ3v) is 5.43. The van der Waals surface area contributed by atoms with Gasteiger partial charge in [0.15, 0.2) is 0 Å². The molecule has 150 valence electrons. The van der Waals surface area contributed by atoms with E-state index in [2.05, 4.69) is 5.32 Å². The van der Waals surface area contributed by atoms with E-state index in [1.54, 1.807) is 36.4 Å². The van der Waals surface area contributed by atoms with Crippen LogP contribution in [0.5, 0.6) is 0 Å². The number of rotatable bonds is 8. The fourth-order valence-electron chi connectivity index (χ4n) is 2.60. The van der Waals surface area contributed by atoms with Crippen LogP contribution in [0.25, 0.3) is 0 Å². The zero-order valence-corrected chi connectivity index (χ0v) is 16.6. The predicted molar refractivity (Wildman–Crippen MR) is 107 cm³/mol. The maximum absolute atomic E-state index is 12.1. The van der Waals surface area contributed by atoms with Gasteiger partial charge >= 0.3 is 0 Å². The Morgan fingerprint density at radius 3 is 2.14 bits per heavy atom. The molecular weight excluding hydrogens is 380 g/mol. The highest BCUT2D eigenvalue weighted by Crippen LogP contribution is 2.20. The van der Waals surface area contributed by atoms with Crippen LogP contribution in [0, 0.1) is 0 Å². The number of nitrogens with one attached hydrogen (secondary N) is 1. The van der Waals surface area contributed by atoms with E-state index in [1.807, 2.05) is 18.9 Å². The van der Waals surface area contributed by atoms with Crippen molar-refractivity contribution >= 4 is 27.5 Å². The number of primary sulfonamides is 1. The fourth-order valence-corrected chi connectivity index (χ4v) is 3.12. The summed E-state index contributed by atoms with van der Waals surface area (Å²) >= 11 is 0. The molecule has 2 aromatic rings. The smallest absolute Gasteiger partial charge is 0.248 e. The lowest BCUT2D eigenvalue weighted by atomic mass is 10.1. The first-order valence-electron chi connectivity index (χ1n) is 8.60. The molecule has 8 nitrogen and oxygen atoms in total. The standard InChI is InChI=1S/C19H24N4O4S/c1-13(14-5-9-17(10-6-14)28(21,26)27)23(2)12-11-18(24)22-16-7-3-15(4-8-16)19(20)25/h3-10,13H,11-12H2,1-2H3,(H2,20,25)(H,22,24)(H2,21,26,27). The maximum atomic E-state index is 12.1. The van der Waals surface area contributed by atoms with Crippen molar-refractivity contribution in [2.24, 2.45) is 10.9 Å². The van der Waals surface area contributed by atoms with Gasteiger partial charge in [-0.25, -0.2) is 13.6 Å². The van der Waals surface area contributed by atoms with Crippen molar-refractivity contribution in [2.45, 2.75) is 24.3 Å². The van der Waals surface area contributed by atoms with Gasteiger partial charge in [0.25, 0.3) is 0 Å². The second-order valence-corrected chi connectivity index (χ2v) is 8.07. The van der Waals surface area contributed by atoms with Crippen molar-refractivity contribution in [2.75, 3.05) is 18.9 Å². The molecule has 9 heteroatoms. The van der Waals surface area contributed by atoms with E-state index in [0.717, 1.165) is 5.56 Å². The van der Waals surface area contributed by atoms with Crippen LogP contribution >= 0.6 is 0 Å². The number of nitrogens with two attached hydrogens (primary N) is 2. The van der Waals surface area contributed by atoms with Crippen molar-refractivity contribution < 1.29 is 18.0 Å². The van der Waals surface area contributed by atoms with Gasteiger partial charge in [-0.05, 0) is 55.9 Å². The van der Waals surface area contributed by atoms with E-state index in [-0.39, 0.29) is 23.3 Å². The molecule has 2 amide bonds. The summed E-state index contributed by atoms with van der Waals surface area (Å²) in [7, 11) is -1.83. The number of amides is 2. The summed E-state index contributed by atoms with van der Waals surface area (Å²) in [6, 6.07) is 12.7. The van der Waals surface area contributed by atoms with Crippen molar-refractivity contribution in [3.05, 3.63) is 59.7 Å². The van der Waals surface area contributed by atoms with E-state index in [1.165, 1.54) is 12.1 Å². The Hall–Kier alpha value is -2.75. The molecule has 0 spiro atoms. The molecule has 28 heavy (non-hydrogen) atoms. The Morgan fingerprint density at radius 1 is 1.07 bits per heavy atom. The number of carbonyl (C=O) groups is 2. The number of carbonyl (C=O) groups excluding carboxylic acids is 2. The van der Waals surface area contributed by atoms with Gasteiger partial charge in [0.05, 0.1) is 4.90 Å². The zero-order valence-electron chi connectivity index (χ0n) is 15.8. The van der Waals surface area contributed by atoms with Gasteiger partial charge in [-0.2, -0.15) is 0 Å². The second kappa shape index (κ2) is 8.96. The molecule has 1 unspecified atom stereocenters. The molecule has 0 radical (unpaired) electrons. The molecule has 5 N–H and O–H groups in total. The Labute approximate surface area is 164 Å². The number of benzene rings is 2. The molecule has 0 bridgehead atoms. The average Bonchev–Trinajstić information content (AvgIpc) is 2.65. The molecular formula is C19H24N4O4S. The summed E-state index contributed by atoms with van der Waals surface area (Å²) < 4.78 is 22.7. The van der Waals surface area contributed by atoms with Gasteiger partial charge in [-0.15, -0.1) is 0 Å². The van der Waals surface area contributed by atoms with Gasteiger partial charge in [0.1, 0.15) is 0 Å². The van der Waals surface area contributed by atoms with Gasteiger partial charge in [0.2, 0.25) is 21.8 Å². The van der Waals surface area contributed by atoms with Crippen molar-refractivity contribution in [3.63, 3.8) is 0 Å². The number of anilines is 1. The molecule has 0 aliphatic rings. The molecule has 0 aromatic heterocycles. The molecule has 1 atom stereocenters. The van der Waals surface area contributed by atoms with Gasteiger partial charge < -0.3 is 11.1 Å². The highest BCUT2D eigenvalue weighted by atomic mass is 32.2. The van der Waals surface area contributed by atoms with Gasteiger partial charge in [-0.3, -0.25) is 14.5 Å². The third kappa shape index (κ3) is 5.88. The first kappa shape index (κ1) is 21.5. The normalized spacial score (nSPS) is 12.6. The molecule has 0 aliphatic carbocycles. The van der Waals surface area contributed by atoms with Gasteiger partial charge in [-0.1, -0.05) is 12.1 Å². The predicted octanol–water partition coefficient (Wildman–Crippen LogP) is 1.45. The van der Waals surface area contributed by atoms with E-state index in [0.29, 0.717) is 17.8 Å². The lowest BCUT2D eigenvalue weighted by molar-refractivity contribution is -0.116. The second-order valence-electron chi connectivity index (χ2n) is 6.51. The minimum atomic E-state index is -3.72. The number of hydrogen-bond donors (Lipinski definition) is 3. The Balaban J connectivity index is 1.89. The van der Waals surface area contributed by atoms with Gasteiger partial charge in [0, 0.05) is 30.3 Å². The topological polar surface area (TPSA) is 136 Å². The number of sulfonamides is 1. The lowest BCUT2D eigenvalue weighted by Crippen LogP contribution is -2.27. The summed E-state index contributed by atoms with van der Waals surface area (Å²) in [5.41, 5.74) is 7.06. The maximum Gasteiger partial charge on any atom is 0.248 e. The summed E-state index contributed by atoms with van der Waals surface area (Å²) in [5.74, 6) is -0.680. The minimum Gasteiger partial charge on any atom is -0.366 e. The fraction of sp³-hybridized carbons (Fsp3) is 0.263. The van der Waals surface area contributed by atoms with Crippen molar-refractivity contribution in [1.82, 2.24) is 4.90 Å². The minimum absolute atomic E-state index is 0.0165. The summed E-state index contributed by atoms with van der Waals surface area (Å²) in [6.07, 6.45) is 0.272. The van der Waals surface area contributed by atoms with E-state index < -0.39 is 15.9 Å². The van der Waals surface area contributed by atoms with E-state index in [4.69, 9.17) is 10.9 Å². The van der Waals surface area contributed by atoms with Crippen LogP contribution in [-0.4, -0.2) is 38.7 Å². The van der Waals surface area contributed by atoms with Crippen molar-refractivity contribution in [3.8, 4) is 0 Å². The van der Waals surface area contributed by atoms with Crippen LogP contribution in [0.2, 0.25) is 0 Å². The molecule has 0 saturated heterocycles. The number of primary amides is 1. The van der Waals surface area contributed by atoms with Crippen molar-refractivity contribution in [1.29, 1.82) is 0 Å². The average molecular weight is 404 g/mol. The quantitative estimate of drug-likeness (QED) is 0.612. The first-order valence-corrected chi connectivity index (χ1v) is 10.2. The summed E-state index contributed by atoms with van der Waals surface area (Å²) in [5, 5.41) is 7.87. The third-order valence-electron chi connectivity index (χ3n) is 4.50. The lowest BCUT2D eigenvalue weighted by Gasteiger charge is -2.25. The molecule has 2 aromatic carbocycles. The van der Waals surface area contributed by atoms with Crippen LogP contribution < -0.4 is 16.2 Å². The van der Waals surface area contributed by atoms with Crippen LogP contribution in [0.4, 0.5) is 5.69 Å². The molecule has 0 saturated carbocycles. The Kier molecular flexibility index (Phi) is 6.90. The van der Waals surface area contributed by atoms with Crippen LogP contribution in [-0.2, 0) is 14.8 Å². The van der Waals surface area contributed by atoms with Crippen LogP contribution in [0.15, 0.2) is 53.4 Å². The molecule has 0 aliphatic heterocycles. The largest absolute Gasteiger partial charge is 0.366 e. The molecule has 0 fully saturated rings. The number of hydrogen-bond acceptors (Lipinski definition) is 5. The molecule has 0 heterocycles. The van der Waals surface area contributed by atoms with E-state index >= 15 is 0 Å². The highest BCUT2D eigenvalue weighted by molar-refractivity contribution is 7.89. The highest BCUT2D eigenvalue weighted by Gasteiger charge is 2.15. The number of nitrogens with zero attached hydrogens (tertiary/aromatic N) is 1. The van der Waals surface area contributed by atoms with E-state index in [9.17, 15) is 18.0 Å². The Bertz CT molecular complexity index is 941. The molecule has 2 rings (SSSR count). The SMILES string of the molecule is CC(c1ccc(S(N)(=O)=O)cc1)N(C)CCC(=O)Nc1ccc(C(N)=O)cc1. The monoisotopic (exact) mass is 404 g/mol. The summed E-state index contributed by atoms with van der Waals surface area (Å²) in [4.78, 5) is 25.2. The van der Waals surface area contributed by atoms with Crippen LogP contribution in [0.3, 0.4) is 0 Å². The zero-order chi connectivity index (χ0) is 20.9.